The van der Waals surface area contributed by atoms with Crippen LogP contribution in [-0.4, -0.2) is 60.0 Å². The van der Waals surface area contributed by atoms with E-state index < -0.39 is 0 Å². The van der Waals surface area contributed by atoms with Crippen molar-refractivity contribution in [1.29, 1.82) is 0 Å². The van der Waals surface area contributed by atoms with E-state index in [0.29, 0.717) is 25.3 Å². The fraction of sp³-hybridized carbons (Fsp3) is 0.321. The normalized spacial score (nSPS) is 15.2. The number of rotatable bonds is 6. The van der Waals surface area contributed by atoms with Gasteiger partial charge in [0.15, 0.2) is 0 Å². The van der Waals surface area contributed by atoms with E-state index in [0.717, 1.165) is 48.8 Å². The zero-order chi connectivity index (χ0) is 23.8. The number of nitrogens with one attached hydrogen (secondary N) is 1. The molecule has 1 saturated heterocycles. The number of ether oxygens (including phenoxy) is 1. The Bertz CT molecular complexity index is 1120. The highest BCUT2D eigenvalue weighted by atomic mass is 16.5. The fourth-order valence-electron chi connectivity index (χ4n) is 4.16. The lowest BCUT2D eigenvalue weighted by Crippen LogP contribution is -2.52. The van der Waals surface area contributed by atoms with Crippen LogP contribution in [0, 0.1) is 11.8 Å². The Labute approximate surface area is 202 Å². The third-order valence-corrected chi connectivity index (χ3v) is 5.83. The summed E-state index contributed by atoms with van der Waals surface area (Å²) in [5, 5.41) is 2.17. The maximum Gasteiger partial charge on any atom is 0.255 e. The summed E-state index contributed by atoms with van der Waals surface area (Å²) in [6, 6.07) is 15.3. The van der Waals surface area contributed by atoms with Crippen molar-refractivity contribution in [3.05, 3.63) is 89.4 Å². The first-order chi connectivity index (χ1) is 16.7. The monoisotopic (exact) mass is 456 g/mol. The molecular formula is C28H32N4O2. The molecule has 2 aliphatic rings. The third kappa shape index (κ3) is 5.55. The van der Waals surface area contributed by atoms with E-state index in [1.807, 2.05) is 72.6 Å². The molecule has 0 bridgehead atoms. The highest BCUT2D eigenvalue weighted by molar-refractivity contribution is 5.96. The number of hydrogen-bond acceptors (Lipinski definition) is 5. The molecule has 6 heteroatoms. The Hall–Kier alpha value is -3.85. The van der Waals surface area contributed by atoms with Gasteiger partial charge >= 0.3 is 0 Å². The molecule has 0 spiro atoms. The summed E-state index contributed by atoms with van der Waals surface area (Å²) in [6.07, 6.45) is 7.17. The number of carbonyl (C=O) groups excluding carboxylic acids is 1. The van der Waals surface area contributed by atoms with Gasteiger partial charge in [-0.25, -0.2) is 0 Å². The average Bonchev–Trinajstić information content (AvgIpc) is 2.88. The second-order valence-corrected chi connectivity index (χ2v) is 8.20. The van der Waals surface area contributed by atoms with Crippen LogP contribution in [0.25, 0.3) is 0 Å². The molecule has 1 N–H and O–H groups in total. The van der Waals surface area contributed by atoms with E-state index >= 15 is 0 Å². The molecule has 0 aliphatic carbocycles. The van der Waals surface area contributed by atoms with Gasteiger partial charge in [0.2, 0.25) is 0 Å². The highest BCUT2D eigenvalue weighted by Gasteiger charge is 2.26. The topological polar surface area (TPSA) is 48.0 Å². The van der Waals surface area contributed by atoms with Crippen LogP contribution in [0.15, 0.2) is 72.7 Å². The molecule has 0 unspecified atom stereocenters. The van der Waals surface area contributed by atoms with Gasteiger partial charge in [0.25, 0.3) is 5.91 Å². The quantitative estimate of drug-likeness (QED) is 0.670. The van der Waals surface area contributed by atoms with E-state index in [-0.39, 0.29) is 5.91 Å². The Balaban J connectivity index is 1.45. The SMILES string of the molecule is CCCN1NC=CC=C1N1CCN(C(=O)c2ccccc2C#Cc2cccc(OCC)c2)CC1. The summed E-state index contributed by atoms with van der Waals surface area (Å²) in [7, 11) is 0. The molecule has 2 aliphatic heterocycles. The van der Waals surface area contributed by atoms with Gasteiger partial charge in [-0.05, 0) is 55.8 Å². The molecule has 6 nitrogen and oxygen atoms in total. The summed E-state index contributed by atoms with van der Waals surface area (Å²) in [5.41, 5.74) is 5.57. The van der Waals surface area contributed by atoms with E-state index in [1.165, 1.54) is 0 Å². The van der Waals surface area contributed by atoms with Crippen molar-refractivity contribution >= 4 is 5.91 Å². The molecule has 0 aromatic heterocycles. The molecule has 2 heterocycles. The lowest BCUT2D eigenvalue weighted by Gasteiger charge is -2.41. The number of hydrazine groups is 1. The first-order valence-electron chi connectivity index (χ1n) is 12.0. The minimum absolute atomic E-state index is 0.0358. The minimum atomic E-state index is 0.0358. The summed E-state index contributed by atoms with van der Waals surface area (Å²) < 4.78 is 5.57. The average molecular weight is 457 g/mol. The van der Waals surface area contributed by atoms with Gasteiger partial charge in [-0.15, -0.1) is 0 Å². The van der Waals surface area contributed by atoms with Gasteiger partial charge in [-0.3, -0.25) is 9.80 Å². The Morgan fingerprint density at radius 2 is 1.85 bits per heavy atom. The molecule has 176 valence electrons. The molecule has 0 saturated carbocycles. The molecule has 0 atom stereocenters. The largest absolute Gasteiger partial charge is 0.494 e. The molecule has 34 heavy (non-hydrogen) atoms. The zero-order valence-corrected chi connectivity index (χ0v) is 20.0. The van der Waals surface area contributed by atoms with E-state index in [4.69, 9.17) is 4.74 Å². The van der Waals surface area contributed by atoms with Gasteiger partial charge in [-0.2, -0.15) is 0 Å². The Morgan fingerprint density at radius 3 is 2.65 bits per heavy atom. The molecular weight excluding hydrogens is 424 g/mol. The van der Waals surface area contributed by atoms with Crippen molar-refractivity contribution in [2.75, 3.05) is 39.3 Å². The van der Waals surface area contributed by atoms with Crippen molar-refractivity contribution < 1.29 is 9.53 Å². The first-order valence-corrected chi connectivity index (χ1v) is 12.0. The molecule has 1 fully saturated rings. The molecule has 2 aromatic carbocycles. The number of nitrogens with zero attached hydrogens (tertiary/aromatic N) is 3. The summed E-state index contributed by atoms with van der Waals surface area (Å²) in [4.78, 5) is 17.7. The van der Waals surface area contributed by atoms with Crippen LogP contribution >= 0.6 is 0 Å². The van der Waals surface area contributed by atoms with Gasteiger partial charge in [-0.1, -0.05) is 37.0 Å². The predicted molar refractivity (Wildman–Crippen MR) is 135 cm³/mol. The maximum absolute atomic E-state index is 13.4. The molecule has 4 rings (SSSR count). The second-order valence-electron chi connectivity index (χ2n) is 8.20. The Kier molecular flexibility index (Phi) is 7.77. The first kappa shape index (κ1) is 23.3. The van der Waals surface area contributed by atoms with Crippen LogP contribution in [0.1, 0.15) is 41.8 Å². The molecule has 2 aromatic rings. The third-order valence-electron chi connectivity index (χ3n) is 5.83. The number of amides is 1. The van der Waals surface area contributed by atoms with Crippen LogP contribution in [-0.2, 0) is 0 Å². The summed E-state index contributed by atoms with van der Waals surface area (Å²) in [6.45, 7) is 8.63. The smallest absolute Gasteiger partial charge is 0.255 e. The predicted octanol–water partition coefficient (Wildman–Crippen LogP) is 3.83. The molecule has 0 radical (unpaired) electrons. The Morgan fingerprint density at radius 1 is 1.03 bits per heavy atom. The highest BCUT2D eigenvalue weighted by Crippen LogP contribution is 2.19. The zero-order valence-electron chi connectivity index (χ0n) is 20.0. The van der Waals surface area contributed by atoms with E-state index in [9.17, 15) is 4.79 Å². The van der Waals surface area contributed by atoms with Crippen molar-refractivity contribution in [2.45, 2.75) is 20.3 Å². The minimum Gasteiger partial charge on any atom is -0.494 e. The van der Waals surface area contributed by atoms with Gasteiger partial charge in [0, 0.05) is 50.1 Å². The lowest BCUT2D eigenvalue weighted by molar-refractivity contribution is 0.0614. The van der Waals surface area contributed by atoms with Crippen molar-refractivity contribution in [1.82, 2.24) is 20.2 Å². The maximum atomic E-state index is 13.4. The van der Waals surface area contributed by atoms with Crippen molar-refractivity contribution in [3.8, 4) is 17.6 Å². The number of carbonyl (C=O) groups is 1. The van der Waals surface area contributed by atoms with Crippen LogP contribution in [0.2, 0.25) is 0 Å². The number of piperazine rings is 1. The van der Waals surface area contributed by atoms with E-state index in [1.54, 1.807) is 0 Å². The van der Waals surface area contributed by atoms with Gasteiger partial charge in [0.05, 0.1) is 12.2 Å². The van der Waals surface area contributed by atoms with Crippen LogP contribution in [0.4, 0.5) is 0 Å². The van der Waals surface area contributed by atoms with Crippen molar-refractivity contribution in [2.24, 2.45) is 0 Å². The van der Waals surface area contributed by atoms with E-state index in [2.05, 4.69) is 40.2 Å². The summed E-state index contributed by atoms with van der Waals surface area (Å²) >= 11 is 0. The number of hydrogen-bond donors (Lipinski definition) is 1. The van der Waals surface area contributed by atoms with Crippen molar-refractivity contribution in [3.63, 3.8) is 0 Å². The number of benzene rings is 2. The molecule has 1 amide bonds. The van der Waals surface area contributed by atoms with Crippen LogP contribution in [0.3, 0.4) is 0 Å². The lowest BCUT2D eigenvalue weighted by atomic mass is 10.1. The fourth-order valence-corrected chi connectivity index (χ4v) is 4.16. The van der Waals surface area contributed by atoms with Gasteiger partial charge < -0.3 is 20.0 Å². The van der Waals surface area contributed by atoms with Crippen LogP contribution in [0.5, 0.6) is 5.75 Å². The van der Waals surface area contributed by atoms with Crippen LogP contribution < -0.4 is 10.2 Å². The van der Waals surface area contributed by atoms with Gasteiger partial charge in [0.1, 0.15) is 11.6 Å². The second kappa shape index (κ2) is 11.3. The standard InChI is InChI=1S/C28H32N4O2/c1-3-17-32-27(13-8-16-29-32)30-18-20-31(21-19-30)28(33)26-12-6-5-10-24(26)15-14-23-9-7-11-25(22-23)34-4-2/h5-13,16,22,29H,3-4,17-21H2,1-2H3. The summed E-state index contributed by atoms with van der Waals surface area (Å²) in [5.74, 6) is 8.39. The number of allylic oxidation sites excluding steroid dienone is 2.